The minimum Gasteiger partial charge on any atom is -0.506 e. The van der Waals surface area contributed by atoms with Crippen LogP contribution in [0.5, 0.6) is 5.75 Å². The molecule has 0 radical (unpaired) electrons. The first-order chi connectivity index (χ1) is 6.56. The maximum atomic E-state index is 9.52. The zero-order valence-corrected chi connectivity index (χ0v) is 12.7. The summed E-state index contributed by atoms with van der Waals surface area (Å²) in [6, 6.07) is 5.36. The van der Waals surface area contributed by atoms with Crippen LogP contribution in [0.3, 0.4) is 0 Å². The Morgan fingerprint density at radius 2 is 1.87 bits per heavy atom. The molecule has 0 unspecified atom stereocenters. The average Bonchev–Trinajstić information content (AvgIpc) is 2.13. The first-order valence-electron chi connectivity index (χ1n) is 3.86. The molecule has 1 aromatic carbocycles. The van der Waals surface area contributed by atoms with Crippen LogP contribution in [0, 0.1) is 18.5 Å². The van der Waals surface area contributed by atoms with E-state index in [1.54, 1.807) is 12.1 Å². The Bertz CT molecular complexity index is 369. The molecule has 0 bridgehead atoms. The molecule has 15 heavy (non-hydrogen) atoms. The number of nitrogens with two attached hydrogens (primary N) is 1. The smallest absolute Gasteiger partial charge is 0.142 e. The average molecular weight is 450 g/mol. The predicted octanol–water partition coefficient (Wildman–Crippen LogP) is 2.94. The van der Waals surface area contributed by atoms with Crippen molar-refractivity contribution in [2.24, 2.45) is 5.73 Å². The molecule has 0 aromatic heterocycles. The number of rotatable bonds is 2. The molecule has 0 fully saturated rings. The van der Waals surface area contributed by atoms with E-state index in [0.29, 0.717) is 0 Å². The molecular formula is C9H9ClI2N2O. The lowest BCUT2D eigenvalue weighted by molar-refractivity contribution is 0.467. The Hall–Kier alpha value is 0.220. The molecule has 0 saturated carbocycles. The monoisotopic (exact) mass is 450 g/mol. The summed E-state index contributed by atoms with van der Waals surface area (Å²) in [7, 11) is 0. The van der Waals surface area contributed by atoms with Crippen LogP contribution in [0.2, 0.25) is 0 Å². The summed E-state index contributed by atoms with van der Waals surface area (Å²) in [5.74, 6) is 0.277. The van der Waals surface area contributed by atoms with Gasteiger partial charge < -0.3 is 10.8 Å². The van der Waals surface area contributed by atoms with Crippen LogP contribution < -0.4 is 5.73 Å². The molecule has 3 N–H and O–H groups in total. The van der Waals surface area contributed by atoms with Crippen molar-refractivity contribution in [3.8, 4) is 11.8 Å². The SMILES string of the molecule is Cl.N#CC[C@H](N)c1cc(I)c(O)c(I)c1. The third kappa shape index (κ3) is 3.94. The normalized spacial score (nSPS) is 11.3. The number of hydrogen-bond acceptors (Lipinski definition) is 3. The Labute approximate surface area is 122 Å². The zero-order valence-electron chi connectivity index (χ0n) is 7.58. The Morgan fingerprint density at radius 1 is 1.40 bits per heavy atom. The second kappa shape index (κ2) is 6.73. The lowest BCUT2D eigenvalue weighted by Crippen LogP contribution is -2.09. The first-order valence-corrected chi connectivity index (χ1v) is 6.02. The van der Waals surface area contributed by atoms with Gasteiger partial charge >= 0.3 is 0 Å². The summed E-state index contributed by atoms with van der Waals surface area (Å²) in [5.41, 5.74) is 6.67. The second-order valence-corrected chi connectivity index (χ2v) is 5.13. The van der Waals surface area contributed by atoms with Crippen LogP contribution in [0.1, 0.15) is 18.0 Å². The Kier molecular flexibility index (Phi) is 6.83. The number of nitriles is 1. The van der Waals surface area contributed by atoms with Gasteiger partial charge in [0.05, 0.1) is 19.6 Å². The maximum absolute atomic E-state index is 9.52. The van der Waals surface area contributed by atoms with Gasteiger partial charge in [-0.2, -0.15) is 5.26 Å². The van der Waals surface area contributed by atoms with Gasteiger partial charge in [0.1, 0.15) is 5.75 Å². The Morgan fingerprint density at radius 3 is 2.27 bits per heavy atom. The van der Waals surface area contributed by atoms with E-state index in [1.807, 2.05) is 51.3 Å². The summed E-state index contributed by atoms with van der Waals surface area (Å²) in [6.07, 6.45) is 0.289. The highest BCUT2D eigenvalue weighted by Gasteiger charge is 2.10. The lowest BCUT2D eigenvalue weighted by Gasteiger charge is -2.10. The first kappa shape index (κ1) is 15.2. The van der Waals surface area contributed by atoms with Crippen molar-refractivity contribution in [3.05, 3.63) is 24.8 Å². The number of hydrogen-bond donors (Lipinski definition) is 2. The van der Waals surface area contributed by atoms with Gasteiger partial charge in [-0.3, -0.25) is 0 Å². The molecule has 0 amide bonds. The molecule has 1 atom stereocenters. The molecule has 0 aliphatic rings. The molecule has 0 aliphatic carbocycles. The quantitative estimate of drug-likeness (QED) is 0.681. The fraction of sp³-hybridized carbons (Fsp3) is 0.222. The van der Waals surface area contributed by atoms with Crippen molar-refractivity contribution >= 4 is 57.6 Å². The minimum atomic E-state index is -0.275. The van der Waals surface area contributed by atoms with E-state index >= 15 is 0 Å². The topological polar surface area (TPSA) is 70.0 Å². The standard InChI is InChI=1S/C9H8I2N2O.ClH/c10-6-3-5(8(13)1-2-12)4-7(11)9(6)14;/h3-4,8,14H,1,13H2;1H/t8-;/m0./s1. The van der Waals surface area contributed by atoms with E-state index in [4.69, 9.17) is 11.0 Å². The van der Waals surface area contributed by atoms with E-state index in [2.05, 4.69) is 0 Å². The van der Waals surface area contributed by atoms with Crippen molar-refractivity contribution < 1.29 is 5.11 Å². The van der Waals surface area contributed by atoms with E-state index in [0.717, 1.165) is 12.7 Å². The van der Waals surface area contributed by atoms with Gasteiger partial charge in [0.2, 0.25) is 0 Å². The van der Waals surface area contributed by atoms with Crippen molar-refractivity contribution in [1.29, 1.82) is 5.26 Å². The third-order valence-electron chi connectivity index (χ3n) is 1.78. The summed E-state index contributed by atoms with van der Waals surface area (Å²) in [5, 5.41) is 18.0. The maximum Gasteiger partial charge on any atom is 0.142 e. The van der Waals surface area contributed by atoms with Gasteiger partial charge in [-0.15, -0.1) is 12.4 Å². The molecule has 1 aromatic rings. The second-order valence-electron chi connectivity index (χ2n) is 2.80. The number of nitrogens with zero attached hydrogens (tertiary/aromatic N) is 1. The molecule has 0 saturated heterocycles. The predicted molar refractivity (Wildman–Crippen MR) is 77.9 cm³/mol. The fourth-order valence-corrected chi connectivity index (χ4v) is 2.83. The van der Waals surface area contributed by atoms with Crippen LogP contribution in [0.4, 0.5) is 0 Å². The highest BCUT2D eigenvalue weighted by atomic mass is 127. The molecule has 1 rings (SSSR count). The highest BCUT2D eigenvalue weighted by molar-refractivity contribution is 14.1. The van der Waals surface area contributed by atoms with Gasteiger partial charge in [-0.25, -0.2) is 0 Å². The fourth-order valence-electron chi connectivity index (χ4n) is 1.02. The van der Waals surface area contributed by atoms with Crippen LogP contribution in [-0.4, -0.2) is 5.11 Å². The van der Waals surface area contributed by atoms with E-state index < -0.39 is 0 Å². The van der Waals surface area contributed by atoms with E-state index in [1.165, 1.54) is 0 Å². The molecule has 0 heterocycles. The molecule has 82 valence electrons. The number of aromatic hydroxyl groups is 1. The molecule has 6 heteroatoms. The van der Waals surface area contributed by atoms with Crippen LogP contribution in [0.25, 0.3) is 0 Å². The lowest BCUT2D eigenvalue weighted by atomic mass is 10.1. The van der Waals surface area contributed by atoms with Crippen molar-refractivity contribution in [2.75, 3.05) is 0 Å². The summed E-state index contributed by atoms with van der Waals surface area (Å²) < 4.78 is 1.52. The van der Waals surface area contributed by atoms with Gasteiger partial charge in [0.25, 0.3) is 0 Å². The highest BCUT2D eigenvalue weighted by Crippen LogP contribution is 2.29. The van der Waals surface area contributed by atoms with E-state index in [-0.39, 0.29) is 30.6 Å². The molecular weight excluding hydrogens is 441 g/mol. The zero-order chi connectivity index (χ0) is 10.7. The number of benzene rings is 1. The molecule has 0 spiro atoms. The van der Waals surface area contributed by atoms with E-state index in [9.17, 15) is 5.11 Å². The van der Waals surface area contributed by atoms with Crippen molar-refractivity contribution in [2.45, 2.75) is 12.5 Å². The van der Waals surface area contributed by atoms with Crippen LogP contribution >= 0.6 is 57.6 Å². The van der Waals surface area contributed by atoms with Gasteiger partial charge in [-0.05, 0) is 62.9 Å². The summed E-state index contributed by atoms with van der Waals surface area (Å²) in [4.78, 5) is 0. The van der Waals surface area contributed by atoms with Gasteiger partial charge in [-0.1, -0.05) is 0 Å². The van der Waals surface area contributed by atoms with Gasteiger partial charge in [0, 0.05) is 6.04 Å². The van der Waals surface area contributed by atoms with Crippen LogP contribution in [0.15, 0.2) is 12.1 Å². The number of phenols is 1. The summed E-state index contributed by atoms with van der Waals surface area (Å²) >= 11 is 4.09. The van der Waals surface area contributed by atoms with Crippen molar-refractivity contribution in [3.63, 3.8) is 0 Å². The minimum absolute atomic E-state index is 0. The number of halogens is 3. The summed E-state index contributed by atoms with van der Waals surface area (Å²) in [6.45, 7) is 0. The van der Waals surface area contributed by atoms with Crippen molar-refractivity contribution in [1.82, 2.24) is 0 Å². The molecule has 0 aliphatic heterocycles. The third-order valence-corrected chi connectivity index (χ3v) is 3.42. The van der Waals surface area contributed by atoms with Gasteiger partial charge in [0.15, 0.2) is 0 Å². The Balaban J connectivity index is 0.00000196. The largest absolute Gasteiger partial charge is 0.506 e. The number of phenolic OH excluding ortho intramolecular Hbond substituents is 1. The molecule has 3 nitrogen and oxygen atoms in total. The van der Waals surface area contributed by atoms with Crippen LogP contribution in [-0.2, 0) is 0 Å².